The van der Waals surface area contributed by atoms with Gasteiger partial charge < -0.3 is 26.6 Å². The average Bonchev–Trinajstić information content (AvgIpc) is 3.79. The molecule has 0 bridgehead atoms. The molecule has 1 unspecified atom stereocenters. The third-order valence-corrected chi connectivity index (χ3v) is 10.1. The predicted octanol–water partition coefficient (Wildman–Crippen LogP) is 2.74. The largest absolute Gasteiger partial charge is 0.354 e. The van der Waals surface area contributed by atoms with Crippen molar-refractivity contribution in [3.63, 3.8) is 0 Å². The summed E-state index contributed by atoms with van der Waals surface area (Å²) in [6.07, 6.45) is 14.4. The van der Waals surface area contributed by atoms with E-state index in [0.29, 0.717) is 19.4 Å². The molecule has 1 aromatic rings. The van der Waals surface area contributed by atoms with Crippen LogP contribution in [0.3, 0.4) is 0 Å². The molecule has 49 heavy (non-hydrogen) atoms. The van der Waals surface area contributed by atoms with E-state index in [9.17, 15) is 28.8 Å². The van der Waals surface area contributed by atoms with Gasteiger partial charge >= 0.3 is 0 Å². The lowest BCUT2D eigenvalue weighted by Gasteiger charge is -2.35. The number of rotatable bonds is 16. The molecule has 1 heterocycles. The van der Waals surface area contributed by atoms with Crippen LogP contribution in [-0.2, 0) is 24.0 Å². The summed E-state index contributed by atoms with van der Waals surface area (Å²) in [6, 6.07) is -2.49. The maximum atomic E-state index is 13.8. The molecule has 0 saturated heterocycles. The highest BCUT2D eigenvalue weighted by Gasteiger charge is 2.39. The number of Topliss-reactive ketones (excluding diaryl/α,β-unsaturated/α-hetero) is 1. The van der Waals surface area contributed by atoms with Crippen molar-refractivity contribution in [1.29, 1.82) is 0 Å². The highest BCUT2D eigenvalue weighted by atomic mass is 16.2. The fourth-order valence-electron chi connectivity index (χ4n) is 7.08. The van der Waals surface area contributed by atoms with Crippen LogP contribution in [-0.4, -0.2) is 76.0 Å². The van der Waals surface area contributed by atoms with Crippen molar-refractivity contribution in [1.82, 2.24) is 36.6 Å². The smallest absolute Gasteiger partial charge is 0.289 e. The molecule has 13 heteroatoms. The van der Waals surface area contributed by atoms with Gasteiger partial charge in [-0.3, -0.25) is 33.8 Å². The second-order valence-electron chi connectivity index (χ2n) is 15.2. The number of carbonyl (C=O) groups excluding carboxylic acids is 6. The first-order valence-electron chi connectivity index (χ1n) is 18.2. The molecule has 1 aromatic heterocycles. The number of ketones is 1. The van der Waals surface area contributed by atoms with E-state index < -0.39 is 47.0 Å². The highest BCUT2D eigenvalue weighted by molar-refractivity contribution is 6.38. The Labute approximate surface area is 289 Å². The maximum Gasteiger partial charge on any atom is 0.289 e. The average molecular weight is 682 g/mol. The summed E-state index contributed by atoms with van der Waals surface area (Å²) >= 11 is 0. The second-order valence-corrected chi connectivity index (χ2v) is 15.2. The quantitative estimate of drug-likeness (QED) is 0.165. The Morgan fingerprint density at radius 1 is 0.837 bits per heavy atom. The highest BCUT2D eigenvalue weighted by Crippen LogP contribution is 2.34. The molecule has 13 nitrogen and oxygen atoms in total. The van der Waals surface area contributed by atoms with E-state index in [1.165, 1.54) is 18.6 Å². The fraction of sp³-hybridized carbons (Fsp3) is 0.722. The molecule has 270 valence electrons. The Bertz CT molecular complexity index is 1320. The zero-order valence-corrected chi connectivity index (χ0v) is 29.5. The van der Waals surface area contributed by atoms with E-state index in [2.05, 4.69) is 36.6 Å². The molecule has 4 rings (SSSR count). The summed E-state index contributed by atoms with van der Waals surface area (Å²) in [5.74, 6) is -2.75. The molecular formula is C36H55N7O6. The predicted molar refractivity (Wildman–Crippen MR) is 183 cm³/mol. The summed E-state index contributed by atoms with van der Waals surface area (Å²) < 4.78 is 0. The molecule has 0 aliphatic heterocycles. The zero-order valence-electron chi connectivity index (χ0n) is 29.5. The Hall–Kier alpha value is -3.90. The summed E-state index contributed by atoms with van der Waals surface area (Å²) in [7, 11) is 0. The van der Waals surface area contributed by atoms with Gasteiger partial charge in [-0.1, -0.05) is 59.8 Å². The maximum absolute atomic E-state index is 13.8. The van der Waals surface area contributed by atoms with Gasteiger partial charge in [0.1, 0.15) is 17.8 Å². The van der Waals surface area contributed by atoms with E-state index >= 15 is 0 Å². The van der Waals surface area contributed by atoms with Gasteiger partial charge in [0.2, 0.25) is 23.5 Å². The van der Waals surface area contributed by atoms with Crippen molar-refractivity contribution in [3.05, 3.63) is 24.3 Å². The Balaban J connectivity index is 1.35. The molecule has 5 atom stereocenters. The molecule has 3 aliphatic rings. The van der Waals surface area contributed by atoms with Gasteiger partial charge in [0, 0.05) is 31.4 Å². The fourth-order valence-corrected chi connectivity index (χ4v) is 7.08. The summed E-state index contributed by atoms with van der Waals surface area (Å²) in [6.45, 7) is 7.89. The Morgan fingerprint density at radius 3 is 2.18 bits per heavy atom. The van der Waals surface area contributed by atoms with Gasteiger partial charge in [-0.05, 0) is 68.1 Å². The lowest BCUT2D eigenvalue weighted by atomic mass is 9.82. The van der Waals surface area contributed by atoms with Crippen molar-refractivity contribution in [2.45, 2.75) is 135 Å². The molecule has 0 aromatic carbocycles. The number of nitrogens with zero attached hydrogens (tertiary/aromatic N) is 2. The minimum absolute atomic E-state index is 0.00706. The third-order valence-electron chi connectivity index (χ3n) is 10.1. The molecule has 5 N–H and O–H groups in total. The lowest BCUT2D eigenvalue weighted by Crippen LogP contribution is -2.60. The molecular weight excluding hydrogens is 626 g/mol. The van der Waals surface area contributed by atoms with Crippen LogP contribution in [0.4, 0.5) is 0 Å². The first kappa shape index (κ1) is 37.9. The summed E-state index contributed by atoms with van der Waals surface area (Å²) in [5, 5.41) is 14.4. The van der Waals surface area contributed by atoms with Gasteiger partial charge in [0.15, 0.2) is 0 Å². The Morgan fingerprint density at radius 2 is 1.55 bits per heavy atom. The topological polar surface area (TPSA) is 188 Å². The molecule has 3 saturated carbocycles. The van der Waals surface area contributed by atoms with Crippen molar-refractivity contribution in [2.24, 2.45) is 23.2 Å². The lowest BCUT2D eigenvalue weighted by molar-refractivity contribution is -0.140. The normalized spacial score (nSPS) is 21.5. The number of nitrogens with one attached hydrogen (secondary N) is 5. The van der Waals surface area contributed by atoms with Crippen LogP contribution in [0.1, 0.15) is 122 Å². The molecule has 3 fully saturated rings. The van der Waals surface area contributed by atoms with Crippen molar-refractivity contribution in [2.75, 3.05) is 6.54 Å². The molecule has 3 aliphatic carbocycles. The van der Waals surface area contributed by atoms with Crippen molar-refractivity contribution < 1.29 is 28.8 Å². The third kappa shape index (κ3) is 11.3. The van der Waals surface area contributed by atoms with E-state index in [0.717, 1.165) is 64.2 Å². The van der Waals surface area contributed by atoms with Crippen LogP contribution < -0.4 is 26.6 Å². The Kier molecular flexibility index (Phi) is 13.7. The zero-order chi connectivity index (χ0) is 35.6. The van der Waals surface area contributed by atoms with Crippen LogP contribution in [0.5, 0.6) is 0 Å². The van der Waals surface area contributed by atoms with Crippen molar-refractivity contribution >= 4 is 35.3 Å². The van der Waals surface area contributed by atoms with Crippen LogP contribution in [0, 0.1) is 23.2 Å². The monoisotopic (exact) mass is 681 g/mol. The van der Waals surface area contributed by atoms with E-state index in [4.69, 9.17) is 0 Å². The van der Waals surface area contributed by atoms with Crippen LogP contribution in [0.2, 0.25) is 0 Å². The molecule has 5 amide bonds. The minimum atomic E-state index is -0.870. The summed E-state index contributed by atoms with van der Waals surface area (Å²) in [4.78, 5) is 86.8. The van der Waals surface area contributed by atoms with Crippen LogP contribution in [0.25, 0.3) is 0 Å². The summed E-state index contributed by atoms with van der Waals surface area (Å²) in [5.41, 5.74) is -0.513. The molecule has 0 radical (unpaired) electrons. The number of aromatic nitrogens is 2. The number of amides is 5. The van der Waals surface area contributed by atoms with Gasteiger partial charge in [0.25, 0.3) is 11.8 Å². The van der Waals surface area contributed by atoms with E-state index in [1.807, 2.05) is 27.7 Å². The molecule has 0 spiro atoms. The van der Waals surface area contributed by atoms with Gasteiger partial charge in [-0.25, -0.2) is 4.98 Å². The number of hydrogen-bond acceptors (Lipinski definition) is 8. The van der Waals surface area contributed by atoms with Gasteiger partial charge in [-0.2, -0.15) is 0 Å². The van der Waals surface area contributed by atoms with Gasteiger partial charge in [-0.15, -0.1) is 0 Å². The minimum Gasteiger partial charge on any atom is -0.354 e. The number of carbonyl (C=O) groups is 6. The van der Waals surface area contributed by atoms with Gasteiger partial charge in [0.05, 0.1) is 12.2 Å². The first-order chi connectivity index (χ1) is 23.4. The SMILES string of the molecule is CCCC(NC(=O)C[C@H]1CCC[C@H]1CNC(=O)[C@@H](NC(=O)[C@@H](NC(=O)c1cnccn1)C1CCCCC1)C(C)(C)C)C(=O)C(=O)NC1CC1. The van der Waals surface area contributed by atoms with E-state index in [-0.39, 0.29) is 47.7 Å². The van der Waals surface area contributed by atoms with Crippen LogP contribution in [0.15, 0.2) is 18.6 Å². The first-order valence-corrected chi connectivity index (χ1v) is 18.2. The second kappa shape index (κ2) is 17.7. The van der Waals surface area contributed by atoms with Crippen molar-refractivity contribution in [3.8, 4) is 0 Å². The van der Waals surface area contributed by atoms with Crippen LogP contribution >= 0.6 is 0 Å². The standard InChI is InChI=1S/C36H55N7O6/c1-5-10-26(30(45)34(48)40-25-15-16-25)41-28(44)19-23-13-9-14-24(23)20-39-35(49)31(36(2,3)4)43-33(47)29(22-11-7-6-8-12-22)42-32(46)27-21-37-17-18-38-27/h17-18,21-26,29,31H,5-16,19-20H2,1-4H3,(H,39,49)(H,40,48)(H,41,44)(H,42,46)(H,43,47)/t23-,24+,26?,29+,31-/m1/s1. The number of hydrogen-bond donors (Lipinski definition) is 5. The van der Waals surface area contributed by atoms with E-state index in [1.54, 1.807) is 0 Å².